The Labute approximate surface area is 235 Å². The first-order valence-corrected chi connectivity index (χ1v) is 25.5. The summed E-state index contributed by atoms with van der Waals surface area (Å²) in [4.78, 5) is 0. The molecular weight excluding hydrogens is 579 g/mol. The van der Waals surface area contributed by atoms with Crippen LogP contribution >= 0.6 is 0 Å². The van der Waals surface area contributed by atoms with Crippen molar-refractivity contribution in [1.29, 1.82) is 0 Å². The molecule has 3 nitrogen and oxygen atoms in total. The molecule has 1 aromatic rings. The van der Waals surface area contributed by atoms with E-state index in [2.05, 4.69) is 92.6 Å². The topological polar surface area (TPSA) is 27.7 Å². The Morgan fingerprint density at radius 2 is 1.27 bits per heavy atom. The monoisotopic (exact) mass is 640 g/mol. The molecule has 0 unspecified atom stereocenters. The molecule has 0 spiro atoms. The van der Waals surface area contributed by atoms with Gasteiger partial charge in [-0.05, 0) is 0 Å². The van der Waals surface area contributed by atoms with Crippen molar-refractivity contribution in [2.75, 3.05) is 6.61 Å². The zero-order valence-corrected chi connectivity index (χ0v) is 29.7. The summed E-state index contributed by atoms with van der Waals surface area (Å²) in [6.45, 7) is 22.1. The second-order valence-electron chi connectivity index (χ2n) is 12.7. The molecule has 1 aliphatic rings. The molecule has 0 amide bonds. The van der Waals surface area contributed by atoms with Crippen molar-refractivity contribution >= 4 is 26.7 Å². The second kappa shape index (κ2) is 16.4. The van der Waals surface area contributed by atoms with Gasteiger partial charge in [0.25, 0.3) is 0 Å². The van der Waals surface area contributed by atoms with Crippen LogP contribution in [0.15, 0.2) is 30.3 Å². The molecule has 0 radical (unpaired) electrons. The fourth-order valence-corrected chi connectivity index (χ4v) is 29.9. The SMILES string of the molecule is CCC[CH2][Sn]([CH2]CCC)([CH2]CCC)[C@@H]1C[C@@H](CO[Si](C(C)C)(C(C)C)C(C)C)O[C@H](c2ccccc2)O1. The first-order chi connectivity index (χ1) is 17.7. The minimum absolute atomic E-state index is 0.119. The summed E-state index contributed by atoms with van der Waals surface area (Å²) in [7, 11) is -1.95. The van der Waals surface area contributed by atoms with Crippen molar-refractivity contribution in [3.05, 3.63) is 35.9 Å². The number of hydrogen-bond donors (Lipinski definition) is 0. The fraction of sp³-hybridized carbons (Fsp3) is 0.812. The second-order valence-corrected chi connectivity index (χ2v) is 32.0. The van der Waals surface area contributed by atoms with Gasteiger partial charge in [-0.1, -0.05) is 0 Å². The summed E-state index contributed by atoms with van der Waals surface area (Å²) in [5, 5.41) is 0. The van der Waals surface area contributed by atoms with Crippen molar-refractivity contribution in [3.63, 3.8) is 0 Å². The van der Waals surface area contributed by atoms with E-state index in [-0.39, 0.29) is 12.4 Å². The van der Waals surface area contributed by atoms with Crippen LogP contribution in [0.2, 0.25) is 29.9 Å². The number of rotatable bonds is 17. The van der Waals surface area contributed by atoms with E-state index in [1.54, 1.807) is 0 Å². The zero-order valence-electron chi connectivity index (χ0n) is 25.9. The maximum absolute atomic E-state index is 7.12. The third-order valence-corrected chi connectivity index (χ3v) is 31.7. The summed E-state index contributed by atoms with van der Waals surface area (Å²) >= 11 is -2.62. The van der Waals surface area contributed by atoms with E-state index in [0.717, 1.165) is 13.0 Å². The van der Waals surface area contributed by atoms with E-state index in [9.17, 15) is 0 Å². The van der Waals surface area contributed by atoms with Crippen LogP contribution in [0.1, 0.15) is 119 Å². The first-order valence-electron chi connectivity index (χ1n) is 15.7. The van der Waals surface area contributed by atoms with Crippen molar-refractivity contribution < 1.29 is 13.9 Å². The van der Waals surface area contributed by atoms with Gasteiger partial charge in [0, 0.05) is 0 Å². The molecule has 1 fully saturated rings. The molecule has 0 aromatic heterocycles. The summed E-state index contributed by atoms with van der Waals surface area (Å²) < 4.78 is 25.8. The minimum atomic E-state index is -2.62. The van der Waals surface area contributed by atoms with E-state index in [1.165, 1.54) is 57.4 Å². The van der Waals surface area contributed by atoms with Gasteiger partial charge in [0.15, 0.2) is 0 Å². The molecule has 214 valence electrons. The molecule has 1 aliphatic heterocycles. The fourth-order valence-electron chi connectivity index (χ4n) is 7.16. The van der Waals surface area contributed by atoms with E-state index in [1.807, 2.05) is 0 Å². The third kappa shape index (κ3) is 8.80. The van der Waals surface area contributed by atoms with Gasteiger partial charge in [0.1, 0.15) is 0 Å². The third-order valence-electron chi connectivity index (χ3n) is 9.15. The summed E-state index contributed by atoms with van der Waals surface area (Å²) in [6.07, 6.45) is 8.87. The standard InChI is InChI=1S/C20H33O3Si.3C4H9.Sn/c1-15(2)24(16(3)4,17(5)6)22-14-19-12-13-21-20(23-19)18-10-8-7-9-11-18;3*1-3-4-2;/h7-11,13,15-17,19-20H,12,14H2,1-6H3;3*1,3-4H2,2H3;/t19-,20+;;;;/m0..../s1. The number of benzene rings is 1. The molecule has 1 saturated heterocycles. The molecule has 0 bridgehead atoms. The van der Waals surface area contributed by atoms with Crippen LogP contribution < -0.4 is 0 Å². The summed E-state index contributed by atoms with van der Waals surface area (Å²) in [6, 6.07) is 10.7. The van der Waals surface area contributed by atoms with Crippen LogP contribution in [0, 0.1) is 0 Å². The van der Waals surface area contributed by atoms with Crippen LogP contribution in [0.4, 0.5) is 0 Å². The van der Waals surface area contributed by atoms with Gasteiger partial charge >= 0.3 is 237 Å². The Morgan fingerprint density at radius 1 is 0.784 bits per heavy atom. The van der Waals surface area contributed by atoms with E-state index in [0.29, 0.717) is 20.7 Å². The molecule has 0 aliphatic carbocycles. The quantitative estimate of drug-likeness (QED) is 0.159. The van der Waals surface area contributed by atoms with Crippen LogP contribution in [0.25, 0.3) is 0 Å². The molecule has 37 heavy (non-hydrogen) atoms. The van der Waals surface area contributed by atoms with E-state index >= 15 is 0 Å². The van der Waals surface area contributed by atoms with Crippen molar-refractivity contribution in [2.24, 2.45) is 0 Å². The molecule has 1 heterocycles. The zero-order chi connectivity index (χ0) is 27.5. The Bertz CT molecular complexity index is 695. The molecule has 2 rings (SSSR count). The van der Waals surface area contributed by atoms with Crippen LogP contribution in [-0.2, 0) is 13.9 Å². The van der Waals surface area contributed by atoms with Gasteiger partial charge in [0.05, 0.1) is 0 Å². The number of hydrogen-bond acceptors (Lipinski definition) is 3. The average molecular weight is 640 g/mol. The molecule has 3 atom stereocenters. The predicted molar refractivity (Wildman–Crippen MR) is 165 cm³/mol. The molecule has 0 N–H and O–H groups in total. The summed E-state index contributed by atoms with van der Waals surface area (Å²) in [5.74, 6) is 0. The van der Waals surface area contributed by atoms with E-state index < -0.39 is 26.7 Å². The van der Waals surface area contributed by atoms with Crippen LogP contribution in [-0.4, -0.2) is 43.5 Å². The molecule has 0 saturated carbocycles. The molecule has 1 aromatic carbocycles. The first kappa shape index (κ1) is 33.3. The predicted octanol–water partition coefficient (Wildman–Crippen LogP) is 10.4. The Hall–Kier alpha value is 0.116. The Morgan fingerprint density at radius 3 is 1.70 bits per heavy atom. The van der Waals surface area contributed by atoms with Gasteiger partial charge in [-0.2, -0.15) is 0 Å². The molecule has 5 heteroatoms. The Kier molecular flexibility index (Phi) is 14.8. The van der Waals surface area contributed by atoms with Gasteiger partial charge in [-0.3, -0.25) is 0 Å². The number of ether oxygens (including phenoxy) is 2. The molecular formula is C32H60O3SiSn. The van der Waals surface area contributed by atoms with E-state index in [4.69, 9.17) is 13.9 Å². The number of unbranched alkanes of at least 4 members (excludes halogenated alkanes) is 3. The van der Waals surface area contributed by atoms with Crippen LogP contribution in [0.3, 0.4) is 0 Å². The van der Waals surface area contributed by atoms with Crippen molar-refractivity contribution in [3.8, 4) is 0 Å². The Balaban J connectivity index is 2.41. The normalized spacial score (nSPS) is 21.4. The average Bonchev–Trinajstić information content (AvgIpc) is 2.88. The van der Waals surface area contributed by atoms with Crippen LogP contribution in [0.5, 0.6) is 0 Å². The van der Waals surface area contributed by atoms with Gasteiger partial charge in [-0.15, -0.1) is 0 Å². The van der Waals surface area contributed by atoms with Crippen molar-refractivity contribution in [1.82, 2.24) is 0 Å². The maximum atomic E-state index is 7.12. The van der Waals surface area contributed by atoms with Gasteiger partial charge < -0.3 is 0 Å². The summed E-state index contributed by atoms with van der Waals surface area (Å²) in [5.41, 5.74) is 2.93. The van der Waals surface area contributed by atoms with Gasteiger partial charge in [0.2, 0.25) is 0 Å². The van der Waals surface area contributed by atoms with Crippen molar-refractivity contribution in [2.45, 2.75) is 154 Å². The van der Waals surface area contributed by atoms with Gasteiger partial charge in [-0.25, -0.2) is 0 Å².